The first-order chi connectivity index (χ1) is 11.3. The van der Waals surface area contributed by atoms with Crippen LogP contribution in [0, 0.1) is 18.3 Å². The lowest BCUT2D eigenvalue weighted by atomic mass is 10.0. The second-order valence-electron chi connectivity index (χ2n) is 5.29. The van der Waals surface area contributed by atoms with Gasteiger partial charge < -0.3 is 4.74 Å². The zero-order valence-electron chi connectivity index (χ0n) is 12.9. The molecule has 3 aromatic rings. The molecule has 0 radical (unpaired) electrons. The van der Waals surface area contributed by atoms with Crippen molar-refractivity contribution in [1.82, 2.24) is 4.98 Å². The Kier molecular flexibility index (Phi) is 4.35. The minimum Gasteiger partial charge on any atom is -0.488 e. The second-order valence-corrected chi connectivity index (χ2v) is 5.29. The van der Waals surface area contributed by atoms with Gasteiger partial charge in [-0.25, -0.2) is 0 Å². The molecule has 0 aliphatic rings. The van der Waals surface area contributed by atoms with Crippen LogP contribution < -0.4 is 4.74 Å². The zero-order valence-corrected chi connectivity index (χ0v) is 12.9. The van der Waals surface area contributed by atoms with Crippen molar-refractivity contribution in [2.45, 2.75) is 13.5 Å². The Labute approximate surface area is 135 Å². The van der Waals surface area contributed by atoms with Crippen molar-refractivity contribution in [2.75, 3.05) is 0 Å². The van der Waals surface area contributed by atoms with Gasteiger partial charge in [-0.05, 0) is 42.3 Å². The maximum atomic E-state index is 9.15. The molecule has 0 unspecified atom stereocenters. The maximum Gasteiger partial charge on any atom is 0.129 e. The highest BCUT2D eigenvalue weighted by Crippen LogP contribution is 2.33. The van der Waals surface area contributed by atoms with Gasteiger partial charge in [0.25, 0.3) is 0 Å². The summed E-state index contributed by atoms with van der Waals surface area (Å²) in [6, 6.07) is 19.6. The third-order valence-electron chi connectivity index (χ3n) is 3.68. The molecule has 23 heavy (non-hydrogen) atoms. The first-order valence-electron chi connectivity index (χ1n) is 7.40. The van der Waals surface area contributed by atoms with Gasteiger partial charge in [0.2, 0.25) is 0 Å². The number of aryl methyl sites for hydroxylation is 1. The van der Waals surface area contributed by atoms with Crippen LogP contribution in [0.2, 0.25) is 0 Å². The summed E-state index contributed by atoms with van der Waals surface area (Å²) in [5.41, 5.74) is 4.75. The molecule has 0 saturated carbocycles. The Balaban J connectivity index is 1.97. The molecule has 0 atom stereocenters. The third-order valence-corrected chi connectivity index (χ3v) is 3.68. The number of ether oxygens (including phenoxy) is 1. The van der Waals surface area contributed by atoms with Crippen LogP contribution in [0.5, 0.6) is 5.75 Å². The van der Waals surface area contributed by atoms with Crippen molar-refractivity contribution in [2.24, 2.45) is 0 Å². The summed E-state index contributed by atoms with van der Waals surface area (Å²) in [6.07, 6.45) is 3.60. The molecule has 3 nitrogen and oxygen atoms in total. The highest BCUT2D eigenvalue weighted by molar-refractivity contribution is 5.73. The molecule has 0 spiro atoms. The second kappa shape index (κ2) is 6.76. The Hall–Kier alpha value is -3.12. The topological polar surface area (TPSA) is 45.9 Å². The predicted molar refractivity (Wildman–Crippen MR) is 89.9 cm³/mol. The van der Waals surface area contributed by atoms with E-state index >= 15 is 0 Å². The smallest absolute Gasteiger partial charge is 0.129 e. The largest absolute Gasteiger partial charge is 0.488 e. The van der Waals surface area contributed by atoms with Crippen molar-refractivity contribution in [3.63, 3.8) is 0 Å². The Bertz CT molecular complexity index is 851. The van der Waals surface area contributed by atoms with Crippen molar-refractivity contribution in [3.8, 4) is 22.9 Å². The van der Waals surface area contributed by atoms with Crippen LogP contribution in [0.1, 0.15) is 16.7 Å². The van der Waals surface area contributed by atoms with E-state index in [1.807, 2.05) is 55.6 Å². The molecule has 3 rings (SSSR count). The Morgan fingerprint density at radius 1 is 1.04 bits per heavy atom. The van der Waals surface area contributed by atoms with Gasteiger partial charge in [0, 0.05) is 23.5 Å². The molecule has 0 amide bonds. The maximum absolute atomic E-state index is 9.15. The molecule has 1 heterocycles. The van der Waals surface area contributed by atoms with E-state index < -0.39 is 0 Å². The van der Waals surface area contributed by atoms with Crippen LogP contribution in [-0.4, -0.2) is 4.98 Å². The summed E-state index contributed by atoms with van der Waals surface area (Å²) >= 11 is 0. The molecule has 112 valence electrons. The summed E-state index contributed by atoms with van der Waals surface area (Å²) in [6.45, 7) is 2.50. The molecule has 0 N–H and O–H groups in total. The molecule has 3 heteroatoms. The van der Waals surface area contributed by atoms with Crippen molar-refractivity contribution in [3.05, 3.63) is 83.7 Å². The van der Waals surface area contributed by atoms with E-state index in [-0.39, 0.29) is 0 Å². The fourth-order valence-electron chi connectivity index (χ4n) is 2.42. The number of benzene rings is 2. The lowest BCUT2D eigenvalue weighted by Crippen LogP contribution is -1.98. The molecule has 0 fully saturated rings. The van der Waals surface area contributed by atoms with E-state index in [9.17, 15) is 0 Å². The van der Waals surface area contributed by atoms with Crippen LogP contribution in [-0.2, 0) is 6.61 Å². The lowest BCUT2D eigenvalue weighted by molar-refractivity contribution is 0.307. The van der Waals surface area contributed by atoms with Gasteiger partial charge in [-0.1, -0.05) is 30.3 Å². The summed E-state index contributed by atoms with van der Waals surface area (Å²) in [7, 11) is 0. The number of nitrogens with zero attached hydrogens (tertiary/aromatic N) is 2. The van der Waals surface area contributed by atoms with E-state index in [2.05, 4.69) is 11.1 Å². The zero-order chi connectivity index (χ0) is 16.1. The summed E-state index contributed by atoms with van der Waals surface area (Å²) < 4.78 is 6.00. The molecular weight excluding hydrogens is 284 g/mol. The van der Waals surface area contributed by atoms with E-state index in [0.717, 1.165) is 22.3 Å². The minimum atomic E-state index is 0.460. The lowest BCUT2D eigenvalue weighted by Gasteiger charge is -2.13. The predicted octanol–water partition coefficient (Wildman–Crippen LogP) is 4.51. The van der Waals surface area contributed by atoms with Gasteiger partial charge in [0.05, 0.1) is 11.6 Å². The fourth-order valence-corrected chi connectivity index (χ4v) is 2.42. The summed E-state index contributed by atoms with van der Waals surface area (Å²) in [4.78, 5) is 4.20. The van der Waals surface area contributed by atoms with E-state index in [1.165, 1.54) is 0 Å². The van der Waals surface area contributed by atoms with Gasteiger partial charge in [-0.15, -0.1) is 0 Å². The quantitative estimate of drug-likeness (QED) is 0.712. The van der Waals surface area contributed by atoms with Gasteiger partial charge in [-0.2, -0.15) is 5.26 Å². The normalized spacial score (nSPS) is 10.1. The monoisotopic (exact) mass is 300 g/mol. The highest BCUT2D eigenvalue weighted by atomic mass is 16.5. The van der Waals surface area contributed by atoms with Crippen LogP contribution in [0.3, 0.4) is 0 Å². The van der Waals surface area contributed by atoms with E-state index in [0.29, 0.717) is 17.9 Å². The molecule has 1 aromatic heterocycles. The van der Waals surface area contributed by atoms with Crippen LogP contribution in [0.4, 0.5) is 0 Å². The standard InChI is InChI=1S/C20H16N2O/c1-15-9-10-22-13-19(15)18-8-7-17(12-21)11-20(18)23-14-16-5-3-2-4-6-16/h2-11,13H,14H2,1H3. The number of nitriles is 1. The van der Waals surface area contributed by atoms with Crippen LogP contribution >= 0.6 is 0 Å². The van der Waals surface area contributed by atoms with Gasteiger partial charge in [0.15, 0.2) is 0 Å². The average Bonchev–Trinajstić information content (AvgIpc) is 2.61. The molecule has 0 bridgehead atoms. The summed E-state index contributed by atoms with van der Waals surface area (Å²) in [5, 5.41) is 9.15. The van der Waals surface area contributed by atoms with Gasteiger partial charge >= 0.3 is 0 Å². The molecular formula is C20H16N2O. The van der Waals surface area contributed by atoms with Gasteiger partial charge in [-0.3, -0.25) is 4.98 Å². The van der Waals surface area contributed by atoms with Crippen LogP contribution in [0.25, 0.3) is 11.1 Å². The number of rotatable bonds is 4. The van der Waals surface area contributed by atoms with Gasteiger partial charge in [0.1, 0.15) is 12.4 Å². The minimum absolute atomic E-state index is 0.460. The molecule has 2 aromatic carbocycles. The van der Waals surface area contributed by atoms with Crippen molar-refractivity contribution >= 4 is 0 Å². The highest BCUT2D eigenvalue weighted by Gasteiger charge is 2.10. The van der Waals surface area contributed by atoms with E-state index in [4.69, 9.17) is 10.00 Å². The van der Waals surface area contributed by atoms with Crippen LogP contribution in [0.15, 0.2) is 67.0 Å². The molecule has 0 aliphatic heterocycles. The fraction of sp³-hybridized carbons (Fsp3) is 0.100. The molecule has 0 aliphatic carbocycles. The third kappa shape index (κ3) is 3.38. The number of pyridine rings is 1. The number of hydrogen-bond donors (Lipinski definition) is 0. The van der Waals surface area contributed by atoms with Crippen molar-refractivity contribution in [1.29, 1.82) is 5.26 Å². The van der Waals surface area contributed by atoms with Crippen molar-refractivity contribution < 1.29 is 4.74 Å². The Morgan fingerprint density at radius 3 is 2.61 bits per heavy atom. The first-order valence-corrected chi connectivity index (χ1v) is 7.40. The van der Waals surface area contributed by atoms with E-state index in [1.54, 1.807) is 18.3 Å². The first kappa shape index (κ1) is 14.8. The average molecular weight is 300 g/mol. The SMILES string of the molecule is Cc1ccncc1-c1ccc(C#N)cc1OCc1ccccc1. The number of aromatic nitrogens is 1. The Morgan fingerprint density at radius 2 is 1.87 bits per heavy atom. The molecule has 0 saturated heterocycles. The number of hydrogen-bond acceptors (Lipinski definition) is 3. The summed E-state index contributed by atoms with van der Waals surface area (Å²) in [5.74, 6) is 0.698.